The number of morpholine rings is 1. The van der Waals surface area contributed by atoms with Crippen LogP contribution in [-0.4, -0.2) is 59.4 Å². The highest BCUT2D eigenvalue weighted by molar-refractivity contribution is 5.80. The molecule has 1 aliphatic carbocycles. The lowest BCUT2D eigenvalue weighted by Crippen LogP contribution is -2.64. The maximum Gasteiger partial charge on any atom is 0.325 e. The zero-order valence-corrected chi connectivity index (χ0v) is 13.1. The molecule has 0 aromatic heterocycles. The fourth-order valence-electron chi connectivity index (χ4n) is 3.60. The third-order valence-electron chi connectivity index (χ3n) is 4.26. The molecule has 1 saturated heterocycles. The molecule has 0 radical (unpaired) electrons. The van der Waals surface area contributed by atoms with Gasteiger partial charge in [-0.2, -0.15) is 0 Å². The summed E-state index contributed by atoms with van der Waals surface area (Å²) in [5.41, 5.74) is -1.00. The van der Waals surface area contributed by atoms with Crippen molar-refractivity contribution in [1.29, 1.82) is 0 Å². The Morgan fingerprint density at radius 1 is 1.50 bits per heavy atom. The second-order valence-electron chi connectivity index (χ2n) is 6.94. The number of likely N-dealkylation sites (N-methyl/N-ethyl adjacent to an activating group) is 1. The molecular weight excluding hydrogens is 256 g/mol. The number of carboxylic acids is 1. The first-order valence-electron chi connectivity index (χ1n) is 7.67. The van der Waals surface area contributed by atoms with Crippen LogP contribution >= 0.6 is 0 Å². The second kappa shape index (κ2) is 5.62. The number of ether oxygens (including phenoxy) is 1. The van der Waals surface area contributed by atoms with Gasteiger partial charge in [0.2, 0.25) is 0 Å². The van der Waals surface area contributed by atoms with Crippen LogP contribution < -0.4 is 5.32 Å². The van der Waals surface area contributed by atoms with Gasteiger partial charge in [0.25, 0.3) is 0 Å². The third kappa shape index (κ3) is 3.32. The van der Waals surface area contributed by atoms with Gasteiger partial charge in [-0.3, -0.25) is 9.69 Å². The van der Waals surface area contributed by atoms with E-state index in [9.17, 15) is 9.90 Å². The molecule has 2 unspecified atom stereocenters. The summed E-state index contributed by atoms with van der Waals surface area (Å²) >= 11 is 0. The van der Waals surface area contributed by atoms with Gasteiger partial charge >= 0.3 is 5.97 Å². The van der Waals surface area contributed by atoms with Crippen molar-refractivity contribution < 1.29 is 14.6 Å². The molecule has 116 valence electrons. The molecule has 2 fully saturated rings. The molecule has 1 heterocycles. The van der Waals surface area contributed by atoms with E-state index in [4.69, 9.17) is 4.74 Å². The van der Waals surface area contributed by atoms with Gasteiger partial charge in [0.05, 0.1) is 11.7 Å². The molecule has 1 saturated carbocycles. The lowest BCUT2D eigenvalue weighted by molar-refractivity contribution is -0.154. The van der Waals surface area contributed by atoms with E-state index in [0.29, 0.717) is 13.1 Å². The Labute approximate surface area is 121 Å². The van der Waals surface area contributed by atoms with Crippen LogP contribution in [0.3, 0.4) is 0 Å². The van der Waals surface area contributed by atoms with Gasteiger partial charge in [-0.15, -0.1) is 0 Å². The fourth-order valence-corrected chi connectivity index (χ4v) is 3.60. The van der Waals surface area contributed by atoms with E-state index in [2.05, 4.69) is 31.0 Å². The van der Waals surface area contributed by atoms with E-state index in [1.54, 1.807) is 0 Å². The summed E-state index contributed by atoms with van der Waals surface area (Å²) in [6.07, 6.45) is 2.18. The van der Waals surface area contributed by atoms with Crippen LogP contribution in [0.1, 0.15) is 40.5 Å². The van der Waals surface area contributed by atoms with Gasteiger partial charge in [0, 0.05) is 19.6 Å². The number of nitrogens with one attached hydrogen (secondary N) is 1. The summed E-state index contributed by atoms with van der Waals surface area (Å²) in [5, 5.41) is 13.0. The lowest BCUT2D eigenvalue weighted by Gasteiger charge is -2.45. The Bertz CT molecular complexity index is 368. The average Bonchev–Trinajstić information content (AvgIpc) is 3.08. The van der Waals surface area contributed by atoms with Crippen molar-refractivity contribution >= 4 is 5.97 Å². The summed E-state index contributed by atoms with van der Waals surface area (Å²) in [4.78, 5) is 14.1. The Balaban J connectivity index is 2.13. The quantitative estimate of drug-likeness (QED) is 0.770. The Morgan fingerprint density at radius 3 is 2.60 bits per heavy atom. The van der Waals surface area contributed by atoms with E-state index < -0.39 is 11.5 Å². The molecule has 1 aliphatic heterocycles. The molecular formula is C15H28N2O3. The number of carbonyl (C=O) groups is 1. The van der Waals surface area contributed by atoms with Crippen LogP contribution in [0, 0.1) is 5.92 Å². The van der Waals surface area contributed by atoms with Crippen molar-refractivity contribution in [2.24, 2.45) is 5.92 Å². The molecule has 5 nitrogen and oxygen atoms in total. The minimum absolute atomic E-state index is 0.145. The van der Waals surface area contributed by atoms with Crippen molar-refractivity contribution in [3.63, 3.8) is 0 Å². The minimum atomic E-state index is -0.790. The van der Waals surface area contributed by atoms with Gasteiger partial charge in [-0.1, -0.05) is 6.92 Å². The predicted octanol–water partition coefficient (Wildman–Crippen LogP) is 1.33. The number of hydrogen-bond acceptors (Lipinski definition) is 4. The molecule has 2 aliphatic rings. The highest BCUT2D eigenvalue weighted by atomic mass is 16.5. The number of carboxylic acid groups (broad SMARTS) is 1. The van der Waals surface area contributed by atoms with E-state index in [1.165, 1.54) is 0 Å². The summed E-state index contributed by atoms with van der Waals surface area (Å²) in [5.74, 6) is -0.444. The van der Waals surface area contributed by atoms with Crippen molar-refractivity contribution in [3.8, 4) is 0 Å². The molecule has 0 bridgehead atoms. The number of aliphatic carboxylic acids is 1. The van der Waals surface area contributed by atoms with Crippen LogP contribution in [-0.2, 0) is 9.53 Å². The number of hydrogen-bond donors (Lipinski definition) is 2. The Morgan fingerprint density at radius 2 is 2.15 bits per heavy atom. The first-order valence-corrected chi connectivity index (χ1v) is 7.67. The molecule has 5 heteroatoms. The zero-order chi connectivity index (χ0) is 15.0. The van der Waals surface area contributed by atoms with Crippen molar-refractivity contribution in [2.45, 2.75) is 57.8 Å². The Kier molecular flexibility index (Phi) is 4.42. The largest absolute Gasteiger partial charge is 0.480 e. The van der Waals surface area contributed by atoms with Crippen LogP contribution in [0.15, 0.2) is 0 Å². The molecule has 0 amide bonds. The molecule has 2 atom stereocenters. The van der Waals surface area contributed by atoms with Gasteiger partial charge in [-0.05, 0) is 46.1 Å². The first-order chi connectivity index (χ1) is 9.29. The Hall–Kier alpha value is -0.650. The molecule has 0 aromatic rings. The number of nitrogens with zero attached hydrogens (tertiary/aromatic N) is 1. The minimum Gasteiger partial charge on any atom is -0.480 e. The molecule has 2 N–H and O–H groups in total. The van der Waals surface area contributed by atoms with Crippen LogP contribution in [0.2, 0.25) is 0 Å². The smallest absolute Gasteiger partial charge is 0.325 e. The zero-order valence-electron chi connectivity index (χ0n) is 13.1. The normalized spacial score (nSPS) is 29.9. The number of rotatable bonds is 6. The van der Waals surface area contributed by atoms with Gasteiger partial charge < -0.3 is 15.2 Å². The van der Waals surface area contributed by atoms with Crippen LogP contribution in [0.4, 0.5) is 0 Å². The van der Waals surface area contributed by atoms with Crippen molar-refractivity contribution in [3.05, 3.63) is 0 Å². The van der Waals surface area contributed by atoms with Gasteiger partial charge in [0.1, 0.15) is 5.54 Å². The monoisotopic (exact) mass is 284 g/mol. The van der Waals surface area contributed by atoms with Crippen LogP contribution in [0.25, 0.3) is 0 Å². The maximum absolute atomic E-state index is 11.9. The summed E-state index contributed by atoms with van der Waals surface area (Å²) in [6.45, 7) is 11.0. The molecule has 0 spiro atoms. The van der Waals surface area contributed by atoms with Crippen LogP contribution in [0.5, 0.6) is 0 Å². The summed E-state index contributed by atoms with van der Waals surface area (Å²) < 4.78 is 5.91. The van der Waals surface area contributed by atoms with E-state index in [-0.39, 0.29) is 17.6 Å². The predicted molar refractivity (Wildman–Crippen MR) is 77.8 cm³/mol. The SMILES string of the molecule is CCNC(CN1CC(C)OC(C)(C)C1)(C(=O)O)C1CC1. The average molecular weight is 284 g/mol. The highest BCUT2D eigenvalue weighted by Gasteiger charge is 2.52. The van der Waals surface area contributed by atoms with E-state index >= 15 is 0 Å². The van der Waals surface area contributed by atoms with Crippen molar-refractivity contribution in [1.82, 2.24) is 10.2 Å². The highest BCUT2D eigenvalue weighted by Crippen LogP contribution is 2.41. The molecule has 20 heavy (non-hydrogen) atoms. The first kappa shape index (κ1) is 15.7. The molecule has 0 aromatic carbocycles. The lowest BCUT2D eigenvalue weighted by atomic mass is 9.91. The van der Waals surface area contributed by atoms with Gasteiger partial charge in [-0.25, -0.2) is 0 Å². The summed E-state index contributed by atoms with van der Waals surface area (Å²) in [7, 11) is 0. The van der Waals surface area contributed by atoms with E-state index in [0.717, 1.165) is 25.9 Å². The topological polar surface area (TPSA) is 61.8 Å². The van der Waals surface area contributed by atoms with E-state index in [1.807, 2.05) is 6.92 Å². The summed E-state index contributed by atoms with van der Waals surface area (Å²) in [6, 6.07) is 0. The third-order valence-corrected chi connectivity index (χ3v) is 4.26. The van der Waals surface area contributed by atoms with Gasteiger partial charge in [0.15, 0.2) is 0 Å². The van der Waals surface area contributed by atoms with Crippen molar-refractivity contribution in [2.75, 3.05) is 26.2 Å². The molecule has 2 rings (SSSR count). The maximum atomic E-state index is 11.9. The standard InChI is InChI=1S/C15H28N2O3/c1-5-16-15(13(18)19,12-6-7-12)10-17-8-11(2)20-14(3,4)9-17/h11-12,16H,5-10H2,1-4H3,(H,18,19). The fraction of sp³-hybridized carbons (Fsp3) is 0.933. The second-order valence-corrected chi connectivity index (χ2v) is 6.94.